The van der Waals surface area contributed by atoms with Gasteiger partial charge in [0.2, 0.25) is 0 Å². The molecule has 0 fully saturated rings. The van der Waals surface area contributed by atoms with Crippen molar-refractivity contribution in [1.29, 1.82) is 0 Å². The number of carbonyl (C=O) groups excluding carboxylic acids is 2. The summed E-state index contributed by atoms with van der Waals surface area (Å²) in [6, 6.07) is 16.2. The molecule has 0 saturated carbocycles. The van der Waals surface area contributed by atoms with E-state index in [9.17, 15) is 9.59 Å². The Morgan fingerprint density at radius 3 is 2.59 bits per heavy atom. The third-order valence-electron chi connectivity index (χ3n) is 4.24. The first-order valence-corrected chi connectivity index (χ1v) is 9.39. The number of imide groups is 1. The molecule has 3 rings (SSSR count). The summed E-state index contributed by atoms with van der Waals surface area (Å²) in [6.45, 7) is 3.73. The highest BCUT2D eigenvalue weighted by atomic mass is 32.1. The molecule has 1 aromatic heterocycles. The van der Waals surface area contributed by atoms with Gasteiger partial charge in [0, 0.05) is 12.5 Å². The maximum atomic E-state index is 12.4. The van der Waals surface area contributed by atoms with Gasteiger partial charge in [-0.15, -0.1) is 0 Å². The highest BCUT2D eigenvalue weighted by Crippen LogP contribution is 2.23. The molecule has 150 valence electrons. The van der Waals surface area contributed by atoms with Crippen molar-refractivity contribution < 1.29 is 18.8 Å². The van der Waals surface area contributed by atoms with Crippen molar-refractivity contribution >= 4 is 30.4 Å². The van der Waals surface area contributed by atoms with Crippen molar-refractivity contribution in [2.45, 2.75) is 20.3 Å². The van der Waals surface area contributed by atoms with Crippen LogP contribution in [-0.2, 0) is 6.42 Å². The van der Waals surface area contributed by atoms with E-state index < -0.39 is 11.9 Å². The highest BCUT2D eigenvalue weighted by Gasteiger charge is 2.22. The number of anilines is 1. The molecule has 7 nitrogen and oxygen atoms in total. The third-order valence-corrected chi connectivity index (χ3v) is 4.65. The Morgan fingerprint density at radius 1 is 1.14 bits per heavy atom. The number of benzene rings is 2. The van der Waals surface area contributed by atoms with E-state index in [0.29, 0.717) is 29.5 Å². The third kappa shape index (κ3) is 5.17. The minimum Gasteiger partial charge on any atom is -0.493 e. The van der Waals surface area contributed by atoms with Gasteiger partial charge in [0.15, 0.2) is 0 Å². The first-order valence-electron chi connectivity index (χ1n) is 8.99. The summed E-state index contributed by atoms with van der Waals surface area (Å²) in [6.07, 6.45) is 0.766. The summed E-state index contributed by atoms with van der Waals surface area (Å²) in [7, 11) is 0. The number of hydrogen-bond donors (Lipinski definition) is 2. The zero-order valence-electron chi connectivity index (χ0n) is 16.1. The van der Waals surface area contributed by atoms with Gasteiger partial charge in [0.25, 0.3) is 5.91 Å². The number of hydrogen-bond acceptors (Lipinski definition) is 6. The number of carbonyl (C=O) groups is 2. The molecule has 29 heavy (non-hydrogen) atoms. The molecule has 0 bridgehead atoms. The zero-order valence-corrected chi connectivity index (χ0v) is 17.0. The molecule has 0 radical (unpaired) electrons. The summed E-state index contributed by atoms with van der Waals surface area (Å²) in [5.41, 5.74) is 2.29. The van der Waals surface area contributed by atoms with E-state index in [0.717, 1.165) is 10.7 Å². The molecule has 0 aliphatic heterocycles. The van der Waals surface area contributed by atoms with Gasteiger partial charge in [-0.05, 0) is 31.5 Å². The average Bonchev–Trinajstić information content (AvgIpc) is 3.06. The second-order valence-electron chi connectivity index (χ2n) is 6.35. The molecule has 3 aromatic rings. The second-order valence-corrected chi connectivity index (χ2v) is 6.75. The number of aryl methyl sites for hydroxylation is 2. The van der Waals surface area contributed by atoms with Crippen LogP contribution >= 0.6 is 12.8 Å². The first kappa shape index (κ1) is 20.5. The highest BCUT2D eigenvalue weighted by molar-refractivity contribution is 7.82. The van der Waals surface area contributed by atoms with E-state index in [1.54, 1.807) is 38.1 Å². The van der Waals surface area contributed by atoms with Gasteiger partial charge >= 0.3 is 6.03 Å². The number of nitrogens with one attached hydrogen (secondary N) is 1. The fourth-order valence-corrected chi connectivity index (χ4v) is 2.95. The second kappa shape index (κ2) is 9.29. The van der Waals surface area contributed by atoms with Crippen molar-refractivity contribution in [2.24, 2.45) is 0 Å². The maximum Gasteiger partial charge on any atom is 0.338 e. The molecule has 8 heteroatoms. The maximum absolute atomic E-state index is 12.4. The lowest BCUT2D eigenvalue weighted by Gasteiger charge is -2.17. The summed E-state index contributed by atoms with van der Waals surface area (Å²) >= 11 is 4.21. The Morgan fingerprint density at radius 2 is 1.90 bits per heavy atom. The van der Waals surface area contributed by atoms with E-state index >= 15 is 0 Å². The van der Waals surface area contributed by atoms with Gasteiger partial charge in [-0.1, -0.05) is 54.4 Å². The summed E-state index contributed by atoms with van der Waals surface area (Å²) in [4.78, 5) is 24.7. The number of urea groups is 1. The normalized spacial score (nSPS) is 10.4. The van der Waals surface area contributed by atoms with Crippen molar-refractivity contribution in [3.05, 3.63) is 77.2 Å². The quantitative estimate of drug-likeness (QED) is 0.596. The molecule has 0 saturated heterocycles. The van der Waals surface area contributed by atoms with Crippen LogP contribution < -0.4 is 14.4 Å². The van der Waals surface area contributed by atoms with E-state index in [-0.39, 0.29) is 5.56 Å². The van der Waals surface area contributed by atoms with Crippen LogP contribution in [-0.4, -0.2) is 23.7 Å². The number of amides is 3. The van der Waals surface area contributed by atoms with Crippen molar-refractivity contribution in [3.8, 4) is 5.75 Å². The Kier molecular flexibility index (Phi) is 6.56. The van der Waals surface area contributed by atoms with Crippen molar-refractivity contribution in [3.63, 3.8) is 0 Å². The molecule has 1 N–H and O–H groups in total. The smallest absolute Gasteiger partial charge is 0.338 e. The Hall–Kier alpha value is -3.26. The van der Waals surface area contributed by atoms with Crippen LogP contribution in [0.5, 0.6) is 5.75 Å². The minimum absolute atomic E-state index is 0.234. The fraction of sp³-hybridized carbons (Fsp3) is 0.190. The fourth-order valence-electron chi connectivity index (χ4n) is 2.77. The molecule has 0 aliphatic rings. The monoisotopic (exact) mass is 411 g/mol. The molecule has 1 heterocycles. The molecular weight excluding hydrogens is 390 g/mol. The standard InChI is InChI=1S/C21H21N3O4S/c1-14-19(15(2)28-23-14)20(25)22-21(26)24(29)17-9-6-10-18(13-17)27-12-11-16-7-4-3-5-8-16/h3-10,13,29H,11-12H2,1-2H3,(H,22,25,26). The number of ether oxygens (including phenoxy) is 1. The summed E-state index contributed by atoms with van der Waals surface area (Å²) in [5, 5.41) is 5.99. The summed E-state index contributed by atoms with van der Waals surface area (Å²) in [5.74, 6) is 0.343. The van der Waals surface area contributed by atoms with E-state index in [2.05, 4.69) is 23.3 Å². The van der Waals surface area contributed by atoms with Crippen LogP contribution in [0.1, 0.15) is 27.4 Å². The SMILES string of the molecule is Cc1noc(C)c1C(=O)NC(=O)N(S)c1cccc(OCCc2ccccc2)c1. The number of rotatable bonds is 6. The van der Waals surface area contributed by atoms with Crippen LogP contribution in [0.2, 0.25) is 0 Å². The predicted molar refractivity (Wildman–Crippen MR) is 112 cm³/mol. The molecule has 0 atom stereocenters. The number of aromatic nitrogens is 1. The van der Waals surface area contributed by atoms with Crippen LogP contribution in [0.25, 0.3) is 0 Å². The van der Waals surface area contributed by atoms with Gasteiger partial charge in [-0.25, -0.2) is 9.10 Å². The zero-order chi connectivity index (χ0) is 20.8. The van der Waals surface area contributed by atoms with Gasteiger partial charge in [-0.2, -0.15) is 0 Å². The molecule has 0 spiro atoms. The van der Waals surface area contributed by atoms with Crippen LogP contribution in [0.4, 0.5) is 10.5 Å². The lowest BCUT2D eigenvalue weighted by molar-refractivity contribution is 0.0964. The molecule has 0 aliphatic carbocycles. The van der Waals surface area contributed by atoms with Gasteiger partial charge < -0.3 is 9.26 Å². The Balaban J connectivity index is 1.60. The first-order chi connectivity index (χ1) is 14.0. The topological polar surface area (TPSA) is 84.7 Å². The van der Waals surface area contributed by atoms with Gasteiger partial charge in [0.1, 0.15) is 17.1 Å². The van der Waals surface area contributed by atoms with E-state index in [1.807, 2.05) is 30.3 Å². The predicted octanol–water partition coefficient (Wildman–Crippen LogP) is 4.11. The Bertz CT molecular complexity index is 985. The van der Waals surface area contributed by atoms with Crippen LogP contribution in [0, 0.1) is 13.8 Å². The lowest BCUT2D eigenvalue weighted by Crippen LogP contribution is -2.38. The van der Waals surface area contributed by atoms with Gasteiger partial charge in [-0.3, -0.25) is 10.1 Å². The average molecular weight is 411 g/mol. The van der Waals surface area contributed by atoms with Crippen molar-refractivity contribution in [1.82, 2.24) is 10.5 Å². The molecule has 3 amide bonds. The number of thiol groups is 1. The molecule has 0 unspecified atom stereocenters. The minimum atomic E-state index is -0.695. The lowest BCUT2D eigenvalue weighted by atomic mass is 10.2. The van der Waals surface area contributed by atoms with E-state index in [4.69, 9.17) is 9.26 Å². The van der Waals surface area contributed by atoms with Crippen LogP contribution in [0.15, 0.2) is 59.1 Å². The van der Waals surface area contributed by atoms with Crippen LogP contribution in [0.3, 0.4) is 0 Å². The number of nitrogens with zero attached hydrogens (tertiary/aromatic N) is 2. The van der Waals surface area contributed by atoms with Crippen molar-refractivity contribution in [2.75, 3.05) is 10.9 Å². The largest absolute Gasteiger partial charge is 0.493 e. The van der Waals surface area contributed by atoms with Gasteiger partial charge in [0.05, 0.1) is 18.0 Å². The molecular formula is C21H21N3O4S. The Labute approximate surface area is 174 Å². The van der Waals surface area contributed by atoms with E-state index in [1.165, 1.54) is 5.56 Å². The summed E-state index contributed by atoms with van der Waals surface area (Å²) < 4.78 is 11.8. The molecule has 2 aromatic carbocycles.